The summed E-state index contributed by atoms with van der Waals surface area (Å²) in [5, 5.41) is 0. The molecule has 3 unspecified atom stereocenters. The van der Waals surface area contributed by atoms with Crippen molar-refractivity contribution in [2.75, 3.05) is 11.4 Å². The molecule has 1 aromatic carbocycles. The molecule has 1 aliphatic carbocycles. The number of esters is 1. The van der Waals surface area contributed by atoms with Crippen LogP contribution < -0.4 is 9.64 Å². The number of hydrogen-bond acceptors (Lipinski definition) is 4. The number of para-hydroxylation sites is 2. The third kappa shape index (κ3) is 3.49. The first-order valence-corrected chi connectivity index (χ1v) is 8.31. The van der Waals surface area contributed by atoms with Crippen molar-refractivity contribution in [2.45, 2.75) is 51.7 Å². The second-order valence-corrected chi connectivity index (χ2v) is 6.54. The van der Waals surface area contributed by atoms with Gasteiger partial charge in [-0.25, -0.2) is 0 Å². The van der Waals surface area contributed by atoms with Crippen LogP contribution in [0.4, 0.5) is 5.69 Å². The van der Waals surface area contributed by atoms with Gasteiger partial charge < -0.3 is 9.47 Å². The summed E-state index contributed by atoms with van der Waals surface area (Å²) >= 11 is 0. The molecule has 3 rings (SSSR count). The van der Waals surface area contributed by atoms with Crippen molar-refractivity contribution < 1.29 is 19.1 Å². The summed E-state index contributed by atoms with van der Waals surface area (Å²) in [5.41, 5.74) is 0.629. The average Bonchev–Trinajstić information content (AvgIpc) is 2.52. The van der Waals surface area contributed by atoms with Gasteiger partial charge in [0, 0.05) is 0 Å². The minimum atomic E-state index is -0.590. The van der Waals surface area contributed by atoms with Crippen molar-refractivity contribution in [2.24, 2.45) is 5.92 Å². The van der Waals surface area contributed by atoms with Crippen molar-refractivity contribution in [3.8, 4) is 5.75 Å². The fourth-order valence-electron chi connectivity index (χ4n) is 3.36. The lowest BCUT2D eigenvalue weighted by atomic mass is 9.89. The SMILES string of the molecule is CC1CCCC(OC(=O)CN2C(=O)C(C)Oc3ccccc32)C1. The Balaban J connectivity index is 1.68. The molecule has 0 spiro atoms. The Morgan fingerprint density at radius 2 is 2.09 bits per heavy atom. The Bertz CT molecular complexity index is 600. The van der Waals surface area contributed by atoms with Crippen molar-refractivity contribution in [1.82, 2.24) is 0 Å². The Morgan fingerprint density at radius 1 is 1.30 bits per heavy atom. The highest BCUT2D eigenvalue weighted by atomic mass is 16.5. The van der Waals surface area contributed by atoms with E-state index < -0.39 is 6.10 Å². The van der Waals surface area contributed by atoms with Gasteiger partial charge in [0.15, 0.2) is 6.10 Å². The molecule has 1 aromatic rings. The van der Waals surface area contributed by atoms with Gasteiger partial charge in [0.1, 0.15) is 18.4 Å². The normalized spacial score (nSPS) is 27.1. The van der Waals surface area contributed by atoms with E-state index in [2.05, 4.69) is 6.92 Å². The standard InChI is InChI=1S/C18H23NO4/c1-12-6-5-7-14(10-12)23-17(20)11-19-15-8-3-4-9-16(15)22-13(2)18(19)21/h3-4,8-9,12-14H,5-7,10-11H2,1-2H3. The Labute approximate surface area is 136 Å². The molecule has 23 heavy (non-hydrogen) atoms. The first-order chi connectivity index (χ1) is 11.0. The summed E-state index contributed by atoms with van der Waals surface area (Å²) in [4.78, 5) is 26.1. The first kappa shape index (κ1) is 15.8. The van der Waals surface area contributed by atoms with Crippen LogP contribution in [0.25, 0.3) is 0 Å². The summed E-state index contributed by atoms with van der Waals surface area (Å²) < 4.78 is 11.2. The number of rotatable bonds is 3. The molecule has 0 saturated heterocycles. The number of benzene rings is 1. The van der Waals surface area contributed by atoms with Gasteiger partial charge in [-0.2, -0.15) is 0 Å². The summed E-state index contributed by atoms with van der Waals surface area (Å²) in [7, 11) is 0. The highest BCUT2D eigenvalue weighted by Gasteiger charge is 2.33. The maximum atomic E-state index is 12.4. The minimum absolute atomic E-state index is 0.0185. The van der Waals surface area contributed by atoms with Crippen LogP contribution in [-0.2, 0) is 14.3 Å². The smallest absolute Gasteiger partial charge is 0.326 e. The van der Waals surface area contributed by atoms with Crippen LogP contribution in [0, 0.1) is 5.92 Å². The Morgan fingerprint density at radius 3 is 2.87 bits per heavy atom. The third-order valence-corrected chi connectivity index (χ3v) is 4.55. The summed E-state index contributed by atoms with van der Waals surface area (Å²) in [6.45, 7) is 3.82. The molecular formula is C18H23NO4. The van der Waals surface area contributed by atoms with Gasteiger partial charge in [-0.15, -0.1) is 0 Å². The van der Waals surface area contributed by atoms with Gasteiger partial charge in [-0.05, 0) is 44.2 Å². The molecule has 124 valence electrons. The van der Waals surface area contributed by atoms with E-state index in [1.807, 2.05) is 12.1 Å². The van der Waals surface area contributed by atoms with Crippen molar-refractivity contribution in [3.63, 3.8) is 0 Å². The largest absolute Gasteiger partial charge is 0.479 e. The molecular weight excluding hydrogens is 294 g/mol. The highest BCUT2D eigenvalue weighted by molar-refractivity contribution is 6.02. The number of amides is 1. The zero-order valence-electron chi connectivity index (χ0n) is 13.7. The fourth-order valence-corrected chi connectivity index (χ4v) is 3.36. The van der Waals surface area contributed by atoms with E-state index in [1.54, 1.807) is 19.1 Å². The molecule has 1 heterocycles. The third-order valence-electron chi connectivity index (χ3n) is 4.55. The molecule has 0 radical (unpaired) electrons. The molecule has 1 amide bonds. The van der Waals surface area contributed by atoms with Crippen molar-refractivity contribution in [1.29, 1.82) is 0 Å². The molecule has 0 bridgehead atoms. The van der Waals surface area contributed by atoms with Crippen LogP contribution in [-0.4, -0.2) is 30.6 Å². The maximum absolute atomic E-state index is 12.4. The van der Waals surface area contributed by atoms with Crippen LogP contribution in [0.2, 0.25) is 0 Å². The van der Waals surface area contributed by atoms with Crippen LogP contribution >= 0.6 is 0 Å². The molecule has 3 atom stereocenters. The molecule has 0 aromatic heterocycles. The van der Waals surface area contributed by atoms with E-state index in [1.165, 1.54) is 11.3 Å². The zero-order valence-corrected chi connectivity index (χ0v) is 13.7. The van der Waals surface area contributed by atoms with Gasteiger partial charge in [0.2, 0.25) is 0 Å². The van der Waals surface area contributed by atoms with Gasteiger partial charge in [-0.1, -0.05) is 25.5 Å². The zero-order chi connectivity index (χ0) is 16.4. The van der Waals surface area contributed by atoms with Crippen molar-refractivity contribution >= 4 is 17.6 Å². The summed E-state index contributed by atoms with van der Waals surface area (Å²) in [6.07, 6.45) is 3.51. The first-order valence-electron chi connectivity index (χ1n) is 8.31. The predicted molar refractivity (Wildman–Crippen MR) is 86.4 cm³/mol. The fraction of sp³-hybridized carbons (Fsp3) is 0.556. The van der Waals surface area contributed by atoms with Crippen molar-refractivity contribution in [3.05, 3.63) is 24.3 Å². The molecule has 1 saturated carbocycles. The number of ether oxygens (including phenoxy) is 2. The molecule has 0 N–H and O–H groups in total. The van der Waals surface area contributed by atoms with E-state index in [9.17, 15) is 9.59 Å². The number of carbonyl (C=O) groups is 2. The second kappa shape index (κ2) is 6.60. The van der Waals surface area contributed by atoms with E-state index in [0.717, 1.165) is 19.3 Å². The maximum Gasteiger partial charge on any atom is 0.326 e. The number of nitrogens with zero attached hydrogens (tertiary/aromatic N) is 1. The quantitative estimate of drug-likeness (QED) is 0.804. The molecule has 1 aliphatic heterocycles. The van der Waals surface area contributed by atoms with E-state index in [4.69, 9.17) is 9.47 Å². The van der Waals surface area contributed by atoms with E-state index >= 15 is 0 Å². The lowest BCUT2D eigenvalue weighted by Crippen LogP contribution is -2.47. The lowest BCUT2D eigenvalue weighted by molar-refractivity contribution is -0.150. The Kier molecular flexibility index (Phi) is 4.55. The van der Waals surface area contributed by atoms with Crippen LogP contribution in [0.3, 0.4) is 0 Å². The minimum Gasteiger partial charge on any atom is -0.479 e. The number of carbonyl (C=O) groups excluding carboxylic acids is 2. The number of fused-ring (bicyclic) bond motifs is 1. The molecule has 5 nitrogen and oxygen atoms in total. The monoisotopic (exact) mass is 317 g/mol. The molecule has 2 aliphatic rings. The number of hydrogen-bond donors (Lipinski definition) is 0. The summed E-state index contributed by atoms with van der Waals surface area (Å²) in [6, 6.07) is 7.27. The molecule has 5 heteroatoms. The highest BCUT2D eigenvalue weighted by Crippen LogP contribution is 2.33. The average molecular weight is 317 g/mol. The van der Waals surface area contributed by atoms with Gasteiger partial charge in [0.05, 0.1) is 5.69 Å². The lowest BCUT2D eigenvalue weighted by Gasteiger charge is -2.33. The predicted octanol–water partition coefficient (Wildman–Crippen LogP) is 2.92. The second-order valence-electron chi connectivity index (χ2n) is 6.54. The van der Waals surface area contributed by atoms with E-state index in [-0.39, 0.29) is 24.5 Å². The van der Waals surface area contributed by atoms with Crippen LogP contribution in [0.15, 0.2) is 24.3 Å². The van der Waals surface area contributed by atoms with Gasteiger partial charge >= 0.3 is 5.97 Å². The number of anilines is 1. The van der Waals surface area contributed by atoms with E-state index in [0.29, 0.717) is 17.4 Å². The molecule has 1 fully saturated rings. The summed E-state index contributed by atoms with van der Waals surface area (Å²) in [5.74, 6) is 0.657. The van der Waals surface area contributed by atoms with Gasteiger partial charge in [0.25, 0.3) is 5.91 Å². The topological polar surface area (TPSA) is 55.8 Å². The van der Waals surface area contributed by atoms with Gasteiger partial charge in [-0.3, -0.25) is 14.5 Å². The van der Waals surface area contributed by atoms with Crippen LogP contribution in [0.5, 0.6) is 5.75 Å². The van der Waals surface area contributed by atoms with Crippen LogP contribution in [0.1, 0.15) is 39.5 Å². The Hall–Kier alpha value is -2.04.